The molecule has 0 radical (unpaired) electrons. The first-order chi connectivity index (χ1) is 13.6. The van der Waals surface area contributed by atoms with Gasteiger partial charge in [0, 0.05) is 25.7 Å². The van der Waals surface area contributed by atoms with Gasteiger partial charge >= 0.3 is 0 Å². The molecule has 0 N–H and O–H groups in total. The Labute approximate surface area is 167 Å². The van der Waals surface area contributed by atoms with Gasteiger partial charge < -0.3 is 4.90 Å². The molecule has 0 bridgehead atoms. The van der Waals surface area contributed by atoms with Crippen molar-refractivity contribution in [3.8, 4) is 0 Å². The van der Waals surface area contributed by atoms with Crippen molar-refractivity contribution in [1.29, 1.82) is 0 Å². The molecule has 0 aliphatic carbocycles. The third-order valence-electron chi connectivity index (χ3n) is 5.57. The zero-order chi connectivity index (χ0) is 19.5. The highest BCUT2D eigenvalue weighted by Gasteiger charge is 2.18. The van der Waals surface area contributed by atoms with Crippen molar-refractivity contribution in [3.63, 3.8) is 0 Å². The molecule has 4 rings (SSSR count). The predicted molar refractivity (Wildman–Crippen MR) is 115 cm³/mol. The van der Waals surface area contributed by atoms with E-state index in [1.165, 1.54) is 27.8 Å². The number of aromatic nitrogens is 3. The lowest BCUT2D eigenvalue weighted by molar-refractivity contribution is 0.804. The highest BCUT2D eigenvalue weighted by molar-refractivity contribution is 5.68. The van der Waals surface area contributed by atoms with Crippen LogP contribution < -0.4 is 4.90 Å². The van der Waals surface area contributed by atoms with Crippen LogP contribution in [0.25, 0.3) is 5.57 Å². The van der Waals surface area contributed by atoms with Crippen LogP contribution in [0.1, 0.15) is 40.1 Å². The van der Waals surface area contributed by atoms with Crippen LogP contribution in [-0.4, -0.2) is 28.3 Å². The lowest BCUT2D eigenvalue weighted by atomic mass is 9.96. The fraction of sp³-hybridized carbons (Fsp3) is 0.292. The third-order valence-corrected chi connectivity index (χ3v) is 5.57. The van der Waals surface area contributed by atoms with Gasteiger partial charge in [0.25, 0.3) is 0 Å². The maximum absolute atomic E-state index is 4.62. The van der Waals surface area contributed by atoms with Gasteiger partial charge in [-0.1, -0.05) is 42.5 Å². The van der Waals surface area contributed by atoms with E-state index in [-0.39, 0.29) is 0 Å². The van der Waals surface area contributed by atoms with Gasteiger partial charge in [-0.25, -0.2) is 4.98 Å². The van der Waals surface area contributed by atoms with Crippen molar-refractivity contribution in [2.24, 2.45) is 0 Å². The molecule has 28 heavy (non-hydrogen) atoms. The molecule has 0 atom stereocenters. The summed E-state index contributed by atoms with van der Waals surface area (Å²) in [5.74, 6) is 1.04. The standard InChI is InChI=1S/C24H26N4/c1-17-9-10-23(25-16-17)28-13-11-21(12-14-28)24-19(3)18(2)22(26-27-24)15-20-7-5-4-6-8-20/h4-11,16H,12-15H2,1-3H3. The Morgan fingerprint density at radius 1 is 0.929 bits per heavy atom. The van der Waals surface area contributed by atoms with Crippen molar-refractivity contribution in [2.75, 3.05) is 18.0 Å². The Kier molecular flexibility index (Phi) is 5.20. The molecule has 0 amide bonds. The Morgan fingerprint density at radius 3 is 2.43 bits per heavy atom. The minimum absolute atomic E-state index is 0.826. The normalized spacial score (nSPS) is 14.1. The Bertz CT molecular complexity index is 991. The summed E-state index contributed by atoms with van der Waals surface area (Å²) < 4.78 is 0. The molecule has 4 heteroatoms. The maximum atomic E-state index is 4.62. The van der Waals surface area contributed by atoms with Crippen molar-refractivity contribution in [2.45, 2.75) is 33.6 Å². The molecule has 3 aromatic rings. The van der Waals surface area contributed by atoms with Crippen LogP contribution in [0.3, 0.4) is 0 Å². The minimum Gasteiger partial charge on any atom is -0.353 e. The summed E-state index contributed by atoms with van der Waals surface area (Å²) in [4.78, 5) is 6.86. The van der Waals surface area contributed by atoms with Gasteiger partial charge in [-0.05, 0) is 61.1 Å². The summed E-state index contributed by atoms with van der Waals surface area (Å²) >= 11 is 0. The lowest BCUT2D eigenvalue weighted by Crippen LogP contribution is -2.29. The van der Waals surface area contributed by atoms with Gasteiger partial charge in [-0.3, -0.25) is 0 Å². The van der Waals surface area contributed by atoms with Gasteiger partial charge in [0.15, 0.2) is 0 Å². The van der Waals surface area contributed by atoms with Crippen LogP contribution >= 0.6 is 0 Å². The number of rotatable bonds is 4. The molecule has 1 aliphatic heterocycles. The largest absolute Gasteiger partial charge is 0.353 e. The molecule has 0 saturated heterocycles. The number of benzene rings is 1. The molecule has 0 saturated carbocycles. The van der Waals surface area contributed by atoms with Gasteiger partial charge in [0.1, 0.15) is 5.82 Å². The molecule has 0 fully saturated rings. The van der Waals surface area contributed by atoms with Gasteiger partial charge in [-0.15, -0.1) is 0 Å². The van der Waals surface area contributed by atoms with E-state index in [0.29, 0.717) is 0 Å². The zero-order valence-corrected chi connectivity index (χ0v) is 16.8. The van der Waals surface area contributed by atoms with E-state index in [0.717, 1.165) is 43.1 Å². The Morgan fingerprint density at radius 2 is 1.75 bits per heavy atom. The second kappa shape index (κ2) is 7.93. The highest BCUT2D eigenvalue weighted by Crippen LogP contribution is 2.27. The number of hydrogen-bond acceptors (Lipinski definition) is 4. The van der Waals surface area contributed by atoms with Crippen molar-refractivity contribution >= 4 is 11.4 Å². The van der Waals surface area contributed by atoms with Crippen molar-refractivity contribution in [1.82, 2.24) is 15.2 Å². The minimum atomic E-state index is 0.826. The lowest BCUT2D eigenvalue weighted by Gasteiger charge is -2.28. The summed E-state index contributed by atoms with van der Waals surface area (Å²) in [6, 6.07) is 14.7. The summed E-state index contributed by atoms with van der Waals surface area (Å²) in [7, 11) is 0. The smallest absolute Gasteiger partial charge is 0.128 e. The molecule has 0 unspecified atom stereocenters. The van der Waals surface area contributed by atoms with Crippen molar-refractivity contribution < 1.29 is 0 Å². The van der Waals surface area contributed by atoms with E-state index in [1.54, 1.807) is 0 Å². The fourth-order valence-corrected chi connectivity index (χ4v) is 3.66. The highest BCUT2D eigenvalue weighted by atomic mass is 15.2. The van der Waals surface area contributed by atoms with E-state index < -0.39 is 0 Å². The van der Waals surface area contributed by atoms with Crippen LogP contribution in [0.2, 0.25) is 0 Å². The van der Waals surface area contributed by atoms with E-state index in [1.807, 2.05) is 12.3 Å². The summed E-state index contributed by atoms with van der Waals surface area (Å²) in [6.07, 6.45) is 5.99. The molecule has 4 nitrogen and oxygen atoms in total. The molecule has 0 spiro atoms. The Hall–Kier alpha value is -3.01. The molecule has 142 valence electrons. The first-order valence-electron chi connectivity index (χ1n) is 9.85. The topological polar surface area (TPSA) is 41.9 Å². The molecule has 3 heterocycles. The SMILES string of the molecule is Cc1ccc(N2CC=C(c3nnc(Cc4ccccc4)c(C)c3C)CC2)nc1. The third kappa shape index (κ3) is 3.81. The number of aryl methyl sites for hydroxylation is 1. The van der Waals surface area contributed by atoms with Crippen LogP contribution in [0.5, 0.6) is 0 Å². The monoisotopic (exact) mass is 370 g/mol. The molecule has 1 aromatic carbocycles. The number of nitrogens with zero attached hydrogens (tertiary/aromatic N) is 4. The van der Waals surface area contributed by atoms with Gasteiger partial charge in [-0.2, -0.15) is 10.2 Å². The average molecular weight is 371 g/mol. The number of hydrogen-bond donors (Lipinski definition) is 0. The van der Waals surface area contributed by atoms with Crippen molar-refractivity contribution in [3.05, 3.63) is 88.4 Å². The van der Waals surface area contributed by atoms with Crippen LogP contribution in [0.15, 0.2) is 54.7 Å². The summed E-state index contributed by atoms with van der Waals surface area (Å²) in [5, 5.41) is 9.20. The second-order valence-corrected chi connectivity index (χ2v) is 7.53. The van der Waals surface area contributed by atoms with Gasteiger partial charge in [0.05, 0.1) is 11.4 Å². The first-order valence-corrected chi connectivity index (χ1v) is 9.85. The zero-order valence-electron chi connectivity index (χ0n) is 16.8. The van der Waals surface area contributed by atoms with Gasteiger partial charge in [0.2, 0.25) is 0 Å². The second-order valence-electron chi connectivity index (χ2n) is 7.53. The average Bonchev–Trinajstić information content (AvgIpc) is 2.73. The predicted octanol–water partition coefficient (Wildman–Crippen LogP) is 4.68. The van der Waals surface area contributed by atoms with E-state index in [4.69, 9.17) is 0 Å². The van der Waals surface area contributed by atoms with Crippen LogP contribution in [0.4, 0.5) is 5.82 Å². The summed E-state index contributed by atoms with van der Waals surface area (Å²) in [5.41, 5.74) is 8.36. The number of pyridine rings is 1. The van der Waals surface area contributed by atoms with E-state index in [9.17, 15) is 0 Å². The first kappa shape index (κ1) is 18.4. The van der Waals surface area contributed by atoms with E-state index >= 15 is 0 Å². The van der Waals surface area contributed by atoms with E-state index in [2.05, 4.69) is 83.3 Å². The molecule has 1 aliphatic rings. The summed E-state index contributed by atoms with van der Waals surface area (Å²) in [6.45, 7) is 8.21. The molecular weight excluding hydrogens is 344 g/mol. The quantitative estimate of drug-likeness (QED) is 0.669. The van der Waals surface area contributed by atoms with Crippen LogP contribution in [0, 0.1) is 20.8 Å². The molecular formula is C24H26N4. The maximum Gasteiger partial charge on any atom is 0.128 e. The number of anilines is 1. The molecule has 2 aromatic heterocycles. The Balaban J connectivity index is 1.53. The fourth-order valence-electron chi connectivity index (χ4n) is 3.66. The van der Waals surface area contributed by atoms with Crippen LogP contribution in [-0.2, 0) is 6.42 Å².